The first kappa shape index (κ1) is 13.6. The summed E-state index contributed by atoms with van der Waals surface area (Å²) in [6.45, 7) is 7.82. The minimum atomic E-state index is 0.559. The van der Waals surface area contributed by atoms with E-state index in [2.05, 4.69) is 22.1 Å². The van der Waals surface area contributed by atoms with Gasteiger partial charge < -0.3 is 10.2 Å². The normalized spacial score (nSPS) is 21.6. The number of aryl methyl sites for hydroxylation is 1. The summed E-state index contributed by atoms with van der Waals surface area (Å²) in [4.78, 5) is 6.81. The molecular weight excluding hydrogens is 246 g/mol. The number of rotatable bonds is 3. The van der Waals surface area contributed by atoms with Crippen molar-refractivity contribution in [3.8, 4) is 0 Å². The van der Waals surface area contributed by atoms with Gasteiger partial charge in [0.1, 0.15) is 5.15 Å². The van der Waals surface area contributed by atoms with E-state index in [0.29, 0.717) is 11.2 Å². The largest absolute Gasteiger partial charge is 0.381 e. The highest BCUT2D eigenvalue weighted by Gasteiger charge is 2.16. The first-order chi connectivity index (χ1) is 8.69. The second-order valence-electron chi connectivity index (χ2n) is 4.97. The quantitative estimate of drug-likeness (QED) is 0.852. The van der Waals surface area contributed by atoms with Gasteiger partial charge in [0.25, 0.3) is 0 Å². The second kappa shape index (κ2) is 6.39. The van der Waals surface area contributed by atoms with Gasteiger partial charge in [-0.25, -0.2) is 4.98 Å². The van der Waals surface area contributed by atoms with Crippen molar-refractivity contribution in [3.05, 3.63) is 23.0 Å². The Bertz CT molecular complexity index is 395. The molecule has 0 radical (unpaired) electrons. The fourth-order valence-electron chi connectivity index (χ4n) is 2.52. The minimum absolute atomic E-state index is 0.559. The fourth-order valence-corrected chi connectivity index (χ4v) is 2.71. The zero-order valence-electron chi connectivity index (χ0n) is 11.2. The van der Waals surface area contributed by atoms with Crippen LogP contribution >= 0.6 is 11.6 Å². The number of nitrogens with zero attached hydrogens (tertiary/aromatic N) is 2. The Morgan fingerprint density at radius 2 is 2.22 bits per heavy atom. The smallest absolute Gasteiger partial charge is 0.129 e. The summed E-state index contributed by atoms with van der Waals surface area (Å²) < 4.78 is 0. The van der Waals surface area contributed by atoms with Crippen LogP contribution in [0, 0.1) is 6.92 Å². The highest BCUT2D eigenvalue weighted by molar-refractivity contribution is 6.29. The molecule has 0 saturated carbocycles. The summed E-state index contributed by atoms with van der Waals surface area (Å²) in [5, 5.41) is 4.18. The van der Waals surface area contributed by atoms with Crippen LogP contribution in [0.25, 0.3) is 0 Å². The Balaban J connectivity index is 1.96. The lowest BCUT2D eigenvalue weighted by Gasteiger charge is -2.20. The number of anilines is 1. The van der Waals surface area contributed by atoms with Crippen molar-refractivity contribution in [1.29, 1.82) is 0 Å². The molecule has 1 aliphatic heterocycles. The highest BCUT2D eigenvalue weighted by atomic mass is 35.5. The van der Waals surface area contributed by atoms with Crippen molar-refractivity contribution >= 4 is 17.3 Å². The van der Waals surface area contributed by atoms with Gasteiger partial charge in [0.2, 0.25) is 0 Å². The molecule has 0 amide bonds. The SMILES string of the molecule is CCN1CCCC(Nc2ccc(Cl)nc2C)CC1. The molecule has 1 unspecified atom stereocenters. The number of halogens is 1. The Hall–Kier alpha value is -0.800. The van der Waals surface area contributed by atoms with Crippen LogP contribution in [0.3, 0.4) is 0 Å². The average molecular weight is 268 g/mol. The van der Waals surface area contributed by atoms with Gasteiger partial charge in [-0.3, -0.25) is 0 Å². The zero-order valence-corrected chi connectivity index (χ0v) is 12.0. The molecule has 0 aromatic carbocycles. The molecule has 1 aromatic heterocycles. The fraction of sp³-hybridized carbons (Fsp3) is 0.643. The molecule has 100 valence electrons. The summed E-state index contributed by atoms with van der Waals surface area (Å²) in [5.74, 6) is 0. The van der Waals surface area contributed by atoms with Crippen LogP contribution in [-0.2, 0) is 0 Å². The van der Waals surface area contributed by atoms with Crippen molar-refractivity contribution in [2.75, 3.05) is 25.0 Å². The lowest BCUT2D eigenvalue weighted by atomic mass is 10.1. The standard InChI is InChI=1S/C14H22ClN3/c1-3-18-9-4-5-12(8-10-18)17-13-6-7-14(15)16-11(13)2/h6-7,12,17H,3-5,8-10H2,1-2H3. The van der Waals surface area contributed by atoms with E-state index in [1.807, 2.05) is 19.1 Å². The molecule has 0 spiro atoms. The highest BCUT2D eigenvalue weighted by Crippen LogP contribution is 2.20. The van der Waals surface area contributed by atoms with Gasteiger partial charge in [0.15, 0.2) is 0 Å². The molecule has 3 nitrogen and oxygen atoms in total. The first-order valence-corrected chi connectivity index (χ1v) is 7.19. The molecule has 1 fully saturated rings. The van der Waals surface area contributed by atoms with E-state index >= 15 is 0 Å². The van der Waals surface area contributed by atoms with Crippen molar-refractivity contribution in [1.82, 2.24) is 9.88 Å². The van der Waals surface area contributed by atoms with Crippen molar-refractivity contribution in [2.45, 2.75) is 39.2 Å². The van der Waals surface area contributed by atoms with Gasteiger partial charge in [0, 0.05) is 12.6 Å². The van der Waals surface area contributed by atoms with Crippen molar-refractivity contribution in [3.63, 3.8) is 0 Å². The molecule has 1 atom stereocenters. The van der Waals surface area contributed by atoms with Gasteiger partial charge in [0.05, 0.1) is 11.4 Å². The predicted molar refractivity (Wildman–Crippen MR) is 77.4 cm³/mol. The summed E-state index contributed by atoms with van der Waals surface area (Å²) in [6, 6.07) is 4.45. The molecule has 0 aliphatic carbocycles. The van der Waals surface area contributed by atoms with E-state index in [-0.39, 0.29) is 0 Å². The first-order valence-electron chi connectivity index (χ1n) is 6.81. The van der Waals surface area contributed by atoms with E-state index in [4.69, 9.17) is 11.6 Å². The molecule has 0 bridgehead atoms. The van der Waals surface area contributed by atoms with Crippen LogP contribution in [0.4, 0.5) is 5.69 Å². The maximum atomic E-state index is 5.88. The predicted octanol–water partition coefficient (Wildman–Crippen LogP) is 3.33. The van der Waals surface area contributed by atoms with Gasteiger partial charge >= 0.3 is 0 Å². The molecule has 18 heavy (non-hydrogen) atoms. The van der Waals surface area contributed by atoms with E-state index in [0.717, 1.165) is 17.9 Å². The number of hydrogen-bond donors (Lipinski definition) is 1. The molecule has 1 aromatic rings. The van der Waals surface area contributed by atoms with E-state index in [9.17, 15) is 0 Å². The number of hydrogen-bond acceptors (Lipinski definition) is 3. The molecule has 2 heterocycles. The monoisotopic (exact) mass is 267 g/mol. The summed E-state index contributed by atoms with van der Waals surface area (Å²) in [7, 11) is 0. The lowest BCUT2D eigenvalue weighted by Crippen LogP contribution is -2.26. The van der Waals surface area contributed by atoms with Gasteiger partial charge in [-0.05, 0) is 51.4 Å². The number of aromatic nitrogens is 1. The molecule has 1 N–H and O–H groups in total. The van der Waals surface area contributed by atoms with Crippen LogP contribution in [-0.4, -0.2) is 35.6 Å². The Labute approximate surface area is 115 Å². The van der Waals surface area contributed by atoms with Crippen LogP contribution in [0.15, 0.2) is 12.1 Å². The summed E-state index contributed by atoms with van der Waals surface area (Å²) in [6.07, 6.45) is 3.71. The molecule has 2 rings (SSSR count). The van der Waals surface area contributed by atoms with Gasteiger partial charge in [-0.15, -0.1) is 0 Å². The molecular formula is C14H22ClN3. The van der Waals surface area contributed by atoms with Crippen LogP contribution < -0.4 is 5.32 Å². The zero-order chi connectivity index (χ0) is 13.0. The molecule has 1 aliphatic rings. The molecule has 4 heteroatoms. The average Bonchev–Trinajstić information content (AvgIpc) is 2.58. The molecule has 1 saturated heterocycles. The van der Waals surface area contributed by atoms with Gasteiger partial charge in [-0.2, -0.15) is 0 Å². The topological polar surface area (TPSA) is 28.2 Å². The number of nitrogens with one attached hydrogen (secondary N) is 1. The summed E-state index contributed by atoms with van der Waals surface area (Å²) in [5.41, 5.74) is 2.11. The van der Waals surface area contributed by atoms with E-state index < -0.39 is 0 Å². The number of pyridine rings is 1. The lowest BCUT2D eigenvalue weighted by molar-refractivity contribution is 0.300. The Kier molecular flexibility index (Phi) is 4.84. The van der Waals surface area contributed by atoms with E-state index in [1.165, 1.54) is 32.4 Å². The van der Waals surface area contributed by atoms with Crippen molar-refractivity contribution < 1.29 is 0 Å². The second-order valence-corrected chi connectivity index (χ2v) is 5.36. The van der Waals surface area contributed by atoms with Crippen LogP contribution in [0.1, 0.15) is 31.9 Å². The summed E-state index contributed by atoms with van der Waals surface area (Å²) >= 11 is 5.88. The van der Waals surface area contributed by atoms with E-state index in [1.54, 1.807) is 0 Å². The third kappa shape index (κ3) is 3.59. The van der Waals surface area contributed by atoms with Crippen LogP contribution in [0.2, 0.25) is 5.15 Å². The van der Waals surface area contributed by atoms with Gasteiger partial charge in [-0.1, -0.05) is 18.5 Å². The van der Waals surface area contributed by atoms with Crippen LogP contribution in [0.5, 0.6) is 0 Å². The Morgan fingerprint density at radius 1 is 1.39 bits per heavy atom. The third-order valence-electron chi connectivity index (χ3n) is 3.68. The third-order valence-corrected chi connectivity index (χ3v) is 3.89. The maximum absolute atomic E-state index is 5.88. The maximum Gasteiger partial charge on any atom is 0.129 e. The Morgan fingerprint density at radius 3 is 2.94 bits per heavy atom. The minimum Gasteiger partial charge on any atom is -0.381 e. The van der Waals surface area contributed by atoms with Crippen molar-refractivity contribution in [2.24, 2.45) is 0 Å². The number of likely N-dealkylation sites (tertiary alicyclic amines) is 1.